The molecule has 0 N–H and O–H groups in total. The molecule has 70 valence electrons. The monoisotopic (exact) mass is 207 g/mol. The first-order chi connectivity index (χ1) is 6.77. The summed E-state index contributed by atoms with van der Waals surface area (Å²) in [5.41, 5.74) is 1.45. The van der Waals surface area contributed by atoms with Gasteiger partial charge in [0.15, 0.2) is 0 Å². The minimum Gasteiger partial charge on any atom is -0.258 e. The number of nitro benzene ring substituents is 1. The van der Waals surface area contributed by atoms with Gasteiger partial charge in [0.2, 0.25) is 0 Å². The average Bonchev–Trinajstić information content (AvgIpc) is 2.71. The summed E-state index contributed by atoms with van der Waals surface area (Å²) in [6, 6.07) is 6.33. The van der Waals surface area contributed by atoms with E-state index in [4.69, 9.17) is 0 Å². The molecule has 0 bridgehead atoms. The van der Waals surface area contributed by atoms with Crippen LogP contribution in [0.4, 0.5) is 5.69 Å². The van der Waals surface area contributed by atoms with Crippen LogP contribution in [0, 0.1) is 10.1 Å². The van der Waals surface area contributed by atoms with E-state index >= 15 is 0 Å². The van der Waals surface area contributed by atoms with Gasteiger partial charge in [-0.25, -0.2) is 0 Å². The maximum absolute atomic E-state index is 10.5. The van der Waals surface area contributed by atoms with Crippen LogP contribution in [-0.4, -0.2) is 14.5 Å². The predicted octanol–water partition coefficient (Wildman–Crippen LogP) is 2.11. The van der Waals surface area contributed by atoms with Gasteiger partial charge in [-0.2, -0.15) is 0 Å². The highest BCUT2D eigenvalue weighted by Crippen LogP contribution is 2.22. The van der Waals surface area contributed by atoms with Crippen molar-refractivity contribution in [3.05, 3.63) is 39.8 Å². The molecule has 2 rings (SSSR count). The van der Waals surface area contributed by atoms with Gasteiger partial charge in [0.05, 0.1) is 4.92 Å². The molecule has 1 aromatic carbocycles. The minimum absolute atomic E-state index is 0.0653. The van der Waals surface area contributed by atoms with Crippen molar-refractivity contribution in [1.29, 1.82) is 0 Å². The first-order valence-corrected chi connectivity index (χ1v) is 4.63. The van der Waals surface area contributed by atoms with Gasteiger partial charge in [-0.3, -0.25) is 10.1 Å². The van der Waals surface area contributed by atoms with Crippen LogP contribution >= 0.6 is 11.5 Å². The first kappa shape index (κ1) is 8.76. The summed E-state index contributed by atoms with van der Waals surface area (Å²) in [4.78, 5) is 10.1. The quantitative estimate of drug-likeness (QED) is 0.558. The highest BCUT2D eigenvalue weighted by molar-refractivity contribution is 7.03. The van der Waals surface area contributed by atoms with Crippen molar-refractivity contribution in [2.75, 3.05) is 0 Å². The molecule has 2 aromatic rings. The predicted molar refractivity (Wildman–Crippen MR) is 52.0 cm³/mol. The molecule has 0 aliphatic heterocycles. The van der Waals surface area contributed by atoms with Crippen LogP contribution in [0.1, 0.15) is 0 Å². The molecule has 14 heavy (non-hydrogen) atoms. The third-order valence-electron chi connectivity index (χ3n) is 1.71. The third-order valence-corrected chi connectivity index (χ3v) is 2.22. The van der Waals surface area contributed by atoms with Crippen LogP contribution in [0.5, 0.6) is 0 Å². The Kier molecular flexibility index (Phi) is 2.19. The fourth-order valence-corrected chi connectivity index (χ4v) is 1.53. The smallest absolute Gasteiger partial charge is 0.258 e. The first-order valence-electron chi connectivity index (χ1n) is 3.79. The van der Waals surface area contributed by atoms with E-state index in [1.165, 1.54) is 23.7 Å². The molecule has 0 aliphatic carbocycles. The molecule has 1 aromatic heterocycles. The van der Waals surface area contributed by atoms with E-state index in [-0.39, 0.29) is 5.69 Å². The molecule has 0 unspecified atom stereocenters. The van der Waals surface area contributed by atoms with Crippen molar-refractivity contribution in [2.45, 2.75) is 0 Å². The van der Waals surface area contributed by atoms with E-state index in [9.17, 15) is 10.1 Å². The van der Waals surface area contributed by atoms with Crippen LogP contribution in [0.3, 0.4) is 0 Å². The van der Waals surface area contributed by atoms with Crippen molar-refractivity contribution in [3.63, 3.8) is 0 Å². The summed E-state index contributed by atoms with van der Waals surface area (Å²) in [7, 11) is 0. The Morgan fingerprint density at radius 2 is 2.29 bits per heavy atom. The molecule has 5 nitrogen and oxygen atoms in total. The fourth-order valence-electron chi connectivity index (χ4n) is 1.07. The van der Waals surface area contributed by atoms with Crippen LogP contribution in [0.25, 0.3) is 11.3 Å². The lowest BCUT2D eigenvalue weighted by Gasteiger charge is -1.94. The highest BCUT2D eigenvalue weighted by Gasteiger charge is 2.07. The summed E-state index contributed by atoms with van der Waals surface area (Å²) < 4.78 is 3.69. The maximum Gasteiger partial charge on any atom is 0.270 e. The molecule has 1 heterocycles. The lowest BCUT2D eigenvalue weighted by molar-refractivity contribution is -0.384. The molecule has 0 atom stereocenters. The van der Waals surface area contributed by atoms with Crippen molar-refractivity contribution in [1.82, 2.24) is 9.59 Å². The summed E-state index contributed by atoms with van der Waals surface area (Å²) in [5.74, 6) is 0. The standard InChI is InChI=1S/C8H5N3O2S/c12-11(13)7-3-1-2-6(4-7)8-5-14-10-9-8/h1-5H. The largest absolute Gasteiger partial charge is 0.270 e. The summed E-state index contributed by atoms with van der Waals surface area (Å²) in [6.07, 6.45) is 0. The Balaban J connectivity index is 2.46. The Morgan fingerprint density at radius 1 is 1.43 bits per heavy atom. The summed E-state index contributed by atoms with van der Waals surface area (Å²) in [5, 5.41) is 16.1. The van der Waals surface area contributed by atoms with Gasteiger partial charge >= 0.3 is 0 Å². The molecular weight excluding hydrogens is 202 g/mol. The SMILES string of the molecule is O=[N+]([O-])c1cccc(-c2csnn2)c1. The molecule has 0 amide bonds. The van der Waals surface area contributed by atoms with Gasteiger partial charge in [0.1, 0.15) is 5.69 Å². The van der Waals surface area contributed by atoms with Crippen molar-refractivity contribution in [2.24, 2.45) is 0 Å². The van der Waals surface area contributed by atoms with E-state index in [2.05, 4.69) is 9.59 Å². The molecule has 0 fully saturated rings. The van der Waals surface area contributed by atoms with Crippen LogP contribution in [0.2, 0.25) is 0 Å². The fraction of sp³-hybridized carbons (Fsp3) is 0. The second-order valence-electron chi connectivity index (χ2n) is 2.60. The second-order valence-corrected chi connectivity index (χ2v) is 3.21. The highest BCUT2D eigenvalue weighted by atomic mass is 32.1. The zero-order chi connectivity index (χ0) is 9.97. The number of aromatic nitrogens is 2. The molecule has 0 spiro atoms. The molecule has 6 heteroatoms. The van der Waals surface area contributed by atoms with Gasteiger partial charge in [-0.1, -0.05) is 16.6 Å². The van der Waals surface area contributed by atoms with Gasteiger partial charge in [-0.05, 0) is 11.5 Å². The van der Waals surface area contributed by atoms with Gasteiger partial charge in [0, 0.05) is 23.1 Å². The van der Waals surface area contributed by atoms with Crippen LogP contribution in [-0.2, 0) is 0 Å². The topological polar surface area (TPSA) is 68.9 Å². The molecular formula is C8H5N3O2S. The van der Waals surface area contributed by atoms with E-state index < -0.39 is 4.92 Å². The number of non-ortho nitro benzene ring substituents is 1. The number of hydrogen-bond donors (Lipinski definition) is 0. The average molecular weight is 207 g/mol. The van der Waals surface area contributed by atoms with E-state index in [1.807, 2.05) is 0 Å². The van der Waals surface area contributed by atoms with E-state index in [0.29, 0.717) is 11.3 Å². The van der Waals surface area contributed by atoms with E-state index in [0.717, 1.165) is 0 Å². The number of hydrogen-bond acceptors (Lipinski definition) is 5. The lowest BCUT2D eigenvalue weighted by atomic mass is 10.1. The van der Waals surface area contributed by atoms with Gasteiger partial charge in [0.25, 0.3) is 5.69 Å². The van der Waals surface area contributed by atoms with Gasteiger partial charge < -0.3 is 0 Å². The zero-order valence-electron chi connectivity index (χ0n) is 6.95. The third kappa shape index (κ3) is 1.60. The Bertz CT molecular complexity index is 455. The Hall–Kier alpha value is -1.82. The maximum atomic E-state index is 10.5. The molecule has 0 radical (unpaired) electrons. The minimum atomic E-state index is -0.427. The zero-order valence-corrected chi connectivity index (χ0v) is 7.77. The molecule has 0 saturated carbocycles. The van der Waals surface area contributed by atoms with Crippen molar-refractivity contribution >= 4 is 17.2 Å². The number of nitro groups is 1. The van der Waals surface area contributed by atoms with Gasteiger partial charge in [-0.15, -0.1) is 5.10 Å². The van der Waals surface area contributed by atoms with Crippen LogP contribution < -0.4 is 0 Å². The number of nitrogens with zero attached hydrogens (tertiary/aromatic N) is 3. The second kappa shape index (κ2) is 3.51. The normalized spacial score (nSPS) is 10.0. The summed E-state index contributed by atoms with van der Waals surface area (Å²) in [6.45, 7) is 0. The Labute approximate surface area is 83.3 Å². The molecule has 0 saturated heterocycles. The van der Waals surface area contributed by atoms with Crippen LogP contribution in [0.15, 0.2) is 29.6 Å². The summed E-state index contributed by atoms with van der Waals surface area (Å²) >= 11 is 1.22. The number of benzene rings is 1. The van der Waals surface area contributed by atoms with Crippen molar-refractivity contribution in [3.8, 4) is 11.3 Å². The lowest BCUT2D eigenvalue weighted by Crippen LogP contribution is -1.88. The molecule has 0 aliphatic rings. The van der Waals surface area contributed by atoms with Crippen molar-refractivity contribution < 1.29 is 4.92 Å². The van der Waals surface area contributed by atoms with E-state index in [1.54, 1.807) is 17.5 Å². The number of rotatable bonds is 2. The Morgan fingerprint density at radius 3 is 2.93 bits per heavy atom.